The Labute approximate surface area is 168 Å². The van der Waals surface area contributed by atoms with Crippen LogP contribution in [0.2, 0.25) is 0 Å². The summed E-state index contributed by atoms with van der Waals surface area (Å²) in [6.45, 7) is 1.67. The van der Waals surface area contributed by atoms with E-state index in [1.54, 1.807) is 36.4 Å². The molecule has 1 aliphatic rings. The Balaban J connectivity index is 1.64. The monoisotopic (exact) mass is 404 g/mol. The summed E-state index contributed by atoms with van der Waals surface area (Å²) in [6.07, 6.45) is -1.73. The van der Waals surface area contributed by atoms with Crippen molar-refractivity contribution in [1.82, 2.24) is 0 Å². The van der Waals surface area contributed by atoms with Crippen LogP contribution in [-0.2, 0) is 12.8 Å². The molecular formula is C22H23F3N2O2. The summed E-state index contributed by atoms with van der Waals surface area (Å²) in [5, 5.41) is 18.0. The Morgan fingerprint density at radius 1 is 1.14 bits per heavy atom. The quantitative estimate of drug-likeness (QED) is 0.613. The van der Waals surface area contributed by atoms with Crippen LogP contribution < -0.4 is 9.64 Å². The maximum atomic E-state index is 13.3. The first-order valence-corrected chi connectivity index (χ1v) is 9.59. The van der Waals surface area contributed by atoms with E-state index in [1.807, 2.05) is 4.90 Å². The van der Waals surface area contributed by atoms with Crippen molar-refractivity contribution in [2.75, 3.05) is 24.6 Å². The number of ether oxygens (including phenoxy) is 1. The summed E-state index contributed by atoms with van der Waals surface area (Å²) >= 11 is 0. The van der Waals surface area contributed by atoms with E-state index in [0.717, 1.165) is 24.5 Å². The predicted molar refractivity (Wildman–Crippen MR) is 104 cm³/mol. The van der Waals surface area contributed by atoms with Gasteiger partial charge in [0, 0.05) is 18.8 Å². The Kier molecular flexibility index (Phi) is 6.65. The van der Waals surface area contributed by atoms with Crippen LogP contribution in [0, 0.1) is 17.2 Å². The van der Waals surface area contributed by atoms with Crippen LogP contribution in [0.3, 0.4) is 0 Å². The van der Waals surface area contributed by atoms with E-state index in [4.69, 9.17) is 15.1 Å². The molecule has 7 heteroatoms. The van der Waals surface area contributed by atoms with Crippen LogP contribution in [0.15, 0.2) is 42.5 Å². The average molecular weight is 404 g/mol. The molecule has 0 unspecified atom stereocenters. The van der Waals surface area contributed by atoms with E-state index >= 15 is 0 Å². The molecule has 29 heavy (non-hydrogen) atoms. The molecule has 0 radical (unpaired) electrons. The maximum Gasteiger partial charge on any atom is 0.417 e. The second-order valence-corrected chi connectivity index (χ2v) is 7.23. The molecule has 2 aromatic carbocycles. The van der Waals surface area contributed by atoms with Gasteiger partial charge in [-0.3, -0.25) is 0 Å². The van der Waals surface area contributed by atoms with Crippen molar-refractivity contribution in [2.45, 2.75) is 32.0 Å². The van der Waals surface area contributed by atoms with Gasteiger partial charge >= 0.3 is 6.18 Å². The summed E-state index contributed by atoms with van der Waals surface area (Å²) in [5.41, 5.74) is 0.0329. The highest BCUT2D eigenvalue weighted by atomic mass is 19.4. The molecule has 0 bridgehead atoms. The summed E-state index contributed by atoms with van der Waals surface area (Å²) in [6, 6.07) is 12.7. The molecule has 0 aliphatic heterocycles. The Morgan fingerprint density at radius 3 is 2.45 bits per heavy atom. The number of rotatable bonds is 9. The van der Waals surface area contributed by atoms with Crippen molar-refractivity contribution >= 4 is 5.69 Å². The smallest absolute Gasteiger partial charge is 0.417 e. The third-order valence-corrected chi connectivity index (χ3v) is 4.92. The SMILES string of the molecule is N#Cc1ccc(N(CCCOc2ccc(CO)cc2)CC2CC2)cc1C(F)(F)F. The minimum atomic E-state index is -4.56. The second-order valence-electron chi connectivity index (χ2n) is 7.23. The first-order valence-electron chi connectivity index (χ1n) is 9.59. The third-order valence-electron chi connectivity index (χ3n) is 4.92. The summed E-state index contributed by atoms with van der Waals surface area (Å²) < 4.78 is 45.6. The van der Waals surface area contributed by atoms with Crippen LogP contribution in [0.25, 0.3) is 0 Å². The van der Waals surface area contributed by atoms with Crippen LogP contribution in [0.5, 0.6) is 5.75 Å². The first-order chi connectivity index (χ1) is 13.9. The molecule has 1 N–H and O–H groups in total. The van der Waals surface area contributed by atoms with E-state index in [-0.39, 0.29) is 12.2 Å². The average Bonchev–Trinajstić information content (AvgIpc) is 3.53. The largest absolute Gasteiger partial charge is 0.494 e. The van der Waals surface area contributed by atoms with E-state index in [9.17, 15) is 13.2 Å². The number of hydrogen-bond donors (Lipinski definition) is 1. The van der Waals surface area contributed by atoms with Crippen molar-refractivity contribution in [3.63, 3.8) is 0 Å². The molecule has 4 nitrogen and oxygen atoms in total. The summed E-state index contributed by atoms with van der Waals surface area (Å²) in [4.78, 5) is 1.95. The lowest BCUT2D eigenvalue weighted by Gasteiger charge is -2.26. The highest BCUT2D eigenvalue weighted by Gasteiger charge is 2.34. The number of halogens is 3. The molecule has 0 amide bonds. The predicted octanol–water partition coefficient (Wildman–Crippen LogP) is 4.75. The van der Waals surface area contributed by atoms with Crippen molar-refractivity contribution < 1.29 is 23.0 Å². The van der Waals surface area contributed by atoms with Gasteiger partial charge in [-0.25, -0.2) is 0 Å². The number of benzene rings is 2. The summed E-state index contributed by atoms with van der Waals surface area (Å²) in [5.74, 6) is 1.19. The number of nitriles is 1. The first kappa shape index (κ1) is 21.0. The molecule has 0 atom stereocenters. The van der Waals surface area contributed by atoms with Gasteiger partial charge in [-0.2, -0.15) is 18.4 Å². The lowest BCUT2D eigenvalue weighted by molar-refractivity contribution is -0.137. The number of aliphatic hydroxyl groups excluding tert-OH is 1. The molecule has 1 fully saturated rings. The van der Waals surface area contributed by atoms with Crippen molar-refractivity contribution in [3.8, 4) is 11.8 Å². The van der Waals surface area contributed by atoms with Gasteiger partial charge in [0.25, 0.3) is 0 Å². The molecule has 0 spiro atoms. The highest BCUT2D eigenvalue weighted by Crippen LogP contribution is 2.36. The van der Waals surface area contributed by atoms with Gasteiger partial charge in [0.1, 0.15) is 5.75 Å². The zero-order valence-corrected chi connectivity index (χ0v) is 16.0. The van der Waals surface area contributed by atoms with Gasteiger partial charge in [0.15, 0.2) is 0 Å². The second kappa shape index (κ2) is 9.19. The fourth-order valence-corrected chi connectivity index (χ4v) is 3.14. The van der Waals surface area contributed by atoms with E-state index in [2.05, 4.69) is 0 Å². The van der Waals surface area contributed by atoms with Crippen molar-refractivity contribution in [2.24, 2.45) is 5.92 Å². The molecule has 0 saturated heterocycles. The minimum Gasteiger partial charge on any atom is -0.494 e. The number of hydrogen-bond acceptors (Lipinski definition) is 4. The van der Waals surface area contributed by atoms with Crippen LogP contribution in [0.4, 0.5) is 18.9 Å². The number of alkyl halides is 3. The molecule has 3 rings (SSSR count). The number of nitrogens with zero attached hydrogens (tertiary/aromatic N) is 2. The molecule has 154 valence electrons. The van der Waals surface area contributed by atoms with E-state index < -0.39 is 11.7 Å². The topological polar surface area (TPSA) is 56.5 Å². The van der Waals surface area contributed by atoms with Crippen molar-refractivity contribution in [3.05, 3.63) is 59.2 Å². The lowest BCUT2D eigenvalue weighted by Crippen LogP contribution is -2.28. The Hall–Kier alpha value is -2.72. The van der Waals surface area contributed by atoms with Crippen LogP contribution >= 0.6 is 0 Å². The van der Waals surface area contributed by atoms with E-state index in [0.29, 0.717) is 43.5 Å². The maximum absolute atomic E-state index is 13.3. The van der Waals surface area contributed by atoms with Gasteiger partial charge < -0.3 is 14.7 Å². The Morgan fingerprint density at radius 2 is 1.86 bits per heavy atom. The molecular weight excluding hydrogens is 381 g/mol. The zero-order valence-electron chi connectivity index (χ0n) is 16.0. The third kappa shape index (κ3) is 5.88. The van der Waals surface area contributed by atoms with Crippen LogP contribution in [0.1, 0.15) is 36.0 Å². The molecule has 2 aromatic rings. The Bertz CT molecular complexity index is 856. The van der Waals surface area contributed by atoms with Gasteiger partial charge in [0.2, 0.25) is 0 Å². The van der Waals surface area contributed by atoms with Gasteiger partial charge in [-0.15, -0.1) is 0 Å². The molecule has 1 aliphatic carbocycles. The number of anilines is 1. The fraction of sp³-hybridized carbons (Fsp3) is 0.409. The highest BCUT2D eigenvalue weighted by molar-refractivity contribution is 5.55. The minimum absolute atomic E-state index is 0.0269. The zero-order chi connectivity index (χ0) is 20.9. The normalized spacial score (nSPS) is 13.8. The van der Waals surface area contributed by atoms with Gasteiger partial charge in [0.05, 0.1) is 30.4 Å². The molecule has 0 aromatic heterocycles. The van der Waals surface area contributed by atoms with Crippen molar-refractivity contribution in [1.29, 1.82) is 5.26 Å². The summed E-state index contributed by atoms with van der Waals surface area (Å²) in [7, 11) is 0. The van der Waals surface area contributed by atoms with Gasteiger partial charge in [-0.1, -0.05) is 12.1 Å². The molecule has 1 saturated carbocycles. The standard InChI is InChI=1S/C22H23F3N2O2/c23-22(24,25)21-12-19(7-6-18(21)13-26)27(14-16-2-3-16)10-1-11-29-20-8-4-17(15-28)5-9-20/h4-9,12,16,28H,1-3,10-11,14-15H2. The fourth-order valence-electron chi connectivity index (χ4n) is 3.14. The van der Waals surface area contributed by atoms with E-state index in [1.165, 1.54) is 6.07 Å². The van der Waals surface area contributed by atoms with Gasteiger partial charge in [-0.05, 0) is 61.1 Å². The lowest BCUT2D eigenvalue weighted by atomic mass is 10.1. The van der Waals surface area contributed by atoms with Crippen LogP contribution in [-0.4, -0.2) is 24.8 Å². The number of aliphatic hydroxyl groups is 1. The molecule has 0 heterocycles.